The number of barbiturate groups is 1. The first kappa shape index (κ1) is 28.2. The molecule has 0 aliphatic carbocycles. The van der Waals surface area contributed by atoms with Crippen molar-refractivity contribution in [1.29, 1.82) is 0 Å². The van der Waals surface area contributed by atoms with Crippen molar-refractivity contribution in [2.45, 2.75) is 26.9 Å². The van der Waals surface area contributed by atoms with Crippen LogP contribution >= 0.6 is 27.5 Å². The van der Waals surface area contributed by atoms with Gasteiger partial charge in [-0.1, -0.05) is 30.7 Å². The zero-order valence-corrected chi connectivity index (χ0v) is 23.7. The van der Waals surface area contributed by atoms with Gasteiger partial charge in [0.25, 0.3) is 11.8 Å². The maximum Gasteiger partial charge on any atom is 0.335 e. The zero-order valence-electron chi connectivity index (χ0n) is 21.3. The van der Waals surface area contributed by atoms with Gasteiger partial charge in [-0.05, 0) is 95.0 Å². The molecule has 4 rings (SSSR count). The average molecular weight is 614 g/mol. The van der Waals surface area contributed by atoms with Gasteiger partial charge in [0, 0.05) is 5.02 Å². The van der Waals surface area contributed by atoms with Crippen LogP contribution in [0.4, 0.5) is 10.5 Å². The Morgan fingerprint density at radius 3 is 2.33 bits per heavy atom. The van der Waals surface area contributed by atoms with Crippen LogP contribution in [0.3, 0.4) is 0 Å². The number of amides is 4. The first-order valence-electron chi connectivity index (χ1n) is 12.3. The molecule has 1 heterocycles. The van der Waals surface area contributed by atoms with Crippen molar-refractivity contribution in [2.75, 3.05) is 18.1 Å². The molecular weight excluding hydrogens is 588 g/mol. The number of halogens is 2. The summed E-state index contributed by atoms with van der Waals surface area (Å²) in [6.45, 7) is 5.02. The number of hydrogen-bond acceptors (Lipinski definition) is 6. The number of imide groups is 2. The van der Waals surface area contributed by atoms with Crippen LogP contribution < -0.4 is 24.4 Å². The standard InChI is InChI=1S/C29H26BrClN2O6/c1-3-13-38-22-11-9-21(10-12-22)33-28(35)23(27(34)32-29(33)36)14-19-15-24(30)26(25(16-19)37-4-2)39-17-18-5-7-20(31)8-6-18/h5-12,14-16H,3-4,13,17H2,1-2H3,(H,32,34,36)/b23-14-. The molecule has 0 atom stereocenters. The second kappa shape index (κ2) is 12.8. The summed E-state index contributed by atoms with van der Waals surface area (Å²) in [4.78, 5) is 39.5. The Bertz CT molecular complexity index is 1410. The van der Waals surface area contributed by atoms with Gasteiger partial charge in [-0.25, -0.2) is 9.69 Å². The molecule has 0 saturated carbocycles. The molecule has 0 bridgehead atoms. The number of urea groups is 1. The predicted molar refractivity (Wildman–Crippen MR) is 152 cm³/mol. The number of nitrogens with zero attached hydrogens (tertiary/aromatic N) is 1. The summed E-state index contributed by atoms with van der Waals surface area (Å²) in [7, 11) is 0. The van der Waals surface area contributed by atoms with Gasteiger partial charge in [-0.15, -0.1) is 0 Å². The second-order valence-electron chi connectivity index (χ2n) is 8.48. The molecule has 0 aromatic heterocycles. The van der Waals surface area contributed by atoms with Crippen molar-refractivity contribution in [2.24, 2.45) is 0 Å². The van der Waals surface area contributed by atoms with E-state index >= 15 is 0 Å². The van der Waals surface area contributed by atoms with Crippen LogP contribution in [0.1, 0.15) is 31.4 Å². The first-order valence-corrected chi connectivity index (χ1v) is 13.5. The van der Waals surface area contributed by atoms with E-state index in [0.29, 0.717) is 51.2 Å². The molecule has 1 aliphatic heterocycles. The summed E-state index contributed by atoms with van der Waals surface area (Å²) >= 11 is 9.47. The van der Waals surface area contributed by atoms with Gasteiger partial charge < -0.3 is 14.2 Å². The van der Waals surface area contributed by atoms with E-state index in [2.05, 4.69) is 21.2 Å². The molecule has 3 aromatic carbocycles. The maximum atomic E-state index is 13.3. The van der Waals surface area contributed by atoms with Crippen LogP contribution in [0, 0.1) is 0 Å². The van der Waals surface area contributed by atoms with E-state index in [-0.39, 0.29) is 12.2 Å². The van der Waals surface area contributed by atoms with Gasteiger partial charge in [-0.2, -0.15) is 0 Å². The lowest BCUT2D eigenvalue weighted by Gasteiger charge is -2.26. The minimum absolute atomic E-state index is 0.204. The maximum absolute atomic E-state index is 13.3. The highest BCUT2D eigenvalue weighted by molar-refractivity contribution is 9.10. The van der Waals surface area contributed by atoms with E-state index in [0.717, 1.165) is 16.9 Å². The second-order valence-corrected chi connectivity index (χ2v) is 9.77. The quantitative estimate of drug-likeness (QED) is 0.206. The smallest absolute Gasteiger partial charge is 0.335 e. The predicted octanol–water partition coefficient (Wildman–Crippen LogP) is 6.54. The van der Waals surface area contributed by atoms with Crippen molar-refractivity contribution < 1.29 is 28.6 Å². The van der Waals surface area contributed by atoms with Crippen LogP contribution in [0.15, 0.2) is 70.7 Å². The Balaban J connectivity index is 1.61. The number of benzene rings is 3. The van der Waals surface area contributed by atoms with Crippen molar-refractivity contribution in [3.8, 4) is 17.2 Å². The van der Waals surface area contributed by atoms with Crippen LogP contribution in [-0.4, -0.2) is 31.1 Å². The average Bonchev–Trinajstić information content (AvgIpc) is 2.91. The van der Waals surface area contributed by atoms with Crippen LogP contribution in [0.25, 0.3) is 6.08 Å². The summed E-state index contributed by atoms with van der Waals surface area (Å²) in [5.74, 6) is -0.0316. The summed E-state index contributed by atoms with van der Waals surface area (Å²) in [5.41, 5.74) is 1.52. The van der Waals surface area contributed by atoms with Gasteiger partial charge in [-0.3, -0.25) is 14.9 Å². The molecule has 8 nitrogen and oxygen atoms in total. The number of carbonyl (C=O) groups is 3. The zero-order chi connectivity index (χ0) is 27.9. The monoisotopic (exact) mass is 612 g/mol. The Morgan fingerprint density at radius 2 is 1.67 bits per heavy atom. The lowest BCUT2D eigenvalue weighted by Crippen LogP contribution is -2.54. The molecule has 1 fully saturated rings. The highest BCUT2D eigenvalue weighted by Crippen LogP contribution is 2.38. The third kappa shape index (κ3) is 6.79. The molecule has 39 heavy (non-hydrogen) atoms. The molecule has 0 spiro atoms. The minimum atomic E-state index is -0.827. The van der Waals surface area contributed by atoms with E-state index < -0.39 is 17.8 Å². The molecule has 202 valence electrons. The number of anilines is 1. The summed E-state index contributed by atoms with van der Waals surface area (Å²) in [6, 6.07) is 16.3. The number of nitrogens with one attached hydrogen (secondary N) is 1. The lowest BCUT2D eigenvalue weighted by molar-refractivity contribution is -0.122. The molecule has 1 saturated heterocycles. The number of rotatable bonds is 10. The summed E-state index contributed by atoms with van der Waals surface area (Å²) < 4.78 is 17.9. The largest absolute Gasteiger partial charge is 0.494 e. The molecule has 10 heteroatoms. The van der Waals surface area contributed by atoms with E-state index in [1.165, 1.54) is 6.08 Å². The van der Waals surface area contributed by atoms with Gasteiger partial charge in [0.1, 0.15) is 17.9 Å². The van der Waals surface area contributed by atoms with Gasteiger partial charge in [0.2, 0.25) is 0 Å². The molecule has 0 unspecified atom stereocenters. The fourth-order valence-corrected chi connectivity index (χ4v) is 4.48. The highest BCUT2D eigenvalue weighted by atomic mass is 79.9. The van der Waals surface area contributed by atoms with Crippen LogP contribution in [0.2, 0.25) is 5.02 Å². The fourth-order valence-electron chi connectivity index (χ4n) is 3.78. The Kier molecular flexibility index (Phi) is 9.27. The van der Waals surface area contributed by atoms with Crippen LogP contribution in [-0.2, 0) is 16.2 Å². The molecule has 0 radical (unpaired) electrons. The Labute approximate surface area is 239 Å². The Hall–Kier alpha value is -3.82. The van der Waals surface area contributed by atoms with Gasteiger partial charge in [0.15, 0.2) is 11.5 Å². The topological polar surface area (TPSA) is 94.2 Å². The SMILES string of the molecule is CCCOc1ccc(N2C(=O)NC(=O)/C(=C/c3cc(Br)c(OCc4ccc(Cl)cc4)c(OCC)c3)C2=O)cc1. The first-order chi connectivity index (χ1) is 18.8. The molecule has 4 amide bonds. The summed E-state index contributed by atoms with van der Waals surface area (Å²) in [5, 5.41) is 2.87. The van der Waals surface area contributed by atoms with Crippen LogP contribution in [0.5, 0.6) is 17.2 Å². The Morgan fingerprint density at radius 1 is 0.949 bits per heavy atom. The van der Waals surface area contributed by atoms with Crippen molar-refractivity contribution >= 4 is 57.1 Å². The van der Waals surface area contributed by atoms with E-state index in [9.17, 15) is 14.4 Å². The lowest BCUT2D eigenvalue weighted by atomic mass is 10.1. The molecule has 3 aromatic rings. The number of hydrogen-bond donors (Lipinski definition) is 1. The minimum Gasteiger partial charge on any atom is -0.494 e. The van der Waals surface area contributed by atoms with E-state index in [1.807, 2.05) is 26.0 Å². The summed E-state index contributed by atoms with van der Waals surface area (Å²) in [6.07, 6.45) is 2.26. The third-order valence-corrected chi connectivity index (χ3v) is 6.45. The molecule has 1 aliphatic rings. The fraction of sp³-hybridized carbons (Fsp3) is 0.207. The number of carbonyl (C=O) groups excluding carboxylic acids is 3. The molecule has 1 N–H and O–H groups in total. The normalized spacial score (nSPS) is 14.4. The van der Waals surface area contributed by atoms with E-state index in [4.69, 9.17) is 25.8 Å². The van der Waals surface area contributed by atoms with Gasteiger partial charge >= 0.3 is 6.03 Å². The van der Waals surface area contributed by atoms with Crippen molar-refractivity contribution in [3.63, 3.8) is 0 Å². The highest BCUT2D eigenvalue weighted by Gasteiger charge is 2.37. The third-order valence-electron chi connectivity index (χ3n) is 5.61. The van der Waals surface area contributed by atoms with Crippen molar-refractivity contribution in [1.82, 2.24) is 5.32 Å². The van der Waals surface area contributed by atoms with Gasteiger partial charge in [0.05, 0.1) is 23.4 Å². The van der Waals surface area contributed by atoms with E-state index in [1.54, 1.807) is 48.5 Å². The number of ether oxygens (including phenoxy) is 3. The molecular formula is C29H26BrClN2O6. The van der Waals surface area contributed by atoms with Crippen molar-refractivity contribution in [3.05, 3.63) is 86.9 Å².